The van der Waals surface area contributed by atoms with Crippen LogP contribution >= 0.6 is 0 Å². The Labute approximate surface area is 136 Å². The maximum atomic E-state index is 12.2. The van der Waals surface area contributed by atoms with E-state index in [4.69, 9.17) is 14.6 Å². The Morgan fingerprint density at radius 1 is 1.38 bits per heavy atom. The molecule has 0 aliphatic rings. The Morgan fingerprint density at radius 3 is 2.88 bits per heavy atom. The second-order valence-electron chi connectivity index (χ2n) is 4.81. The van der Waals surface area contributed by atoms with Gasteiger partial charge in [0.2, 0.25) is 11.3 Å². The van der Waals surface area contributed by atoms with E-state index in [1.165, 1.54) is 10.8 Å². The molecule has 130 valence electrons. The molecule has 3 N–H and O–H groups in total. The number of aromatic nitrogens is 3. The van der Waals surface area contributed by atoms with Crippen molar-refractivity contribution in [1.29, 1.82) is 0 Å². The van der Waals surface area contributed by atoms with Crippen LogP contribution < -0.4 is 15.5 Å². The number of carbonyl (C=O) groups excluding carboxylic acids is 1. The lowest BCUT2D eigenvalue weighted by Crippen LogP contribution is -2.33. The molecular formula is C14H18N4O6. The summed E-state index contributed by atoms with van der Waals surface area (Å²) in [6.45, 7) is 2.60. The normalized spacial score (nSPS) is 10.7. The minimum absolute atomic E-state index is 0.0508. The van der Waals surface area contributed by atoms with Crippen LogP contribution in [0.5, 0.6) is 5.88 Å². The van der Waals surface area contributed by atoms with Crippen LogP contribution in [0.1, 0.15) is 23.7 Å². The Hall–Kier alpha value is -2.88. The van der Waals surface area contributed by atoms with Gasteiger partial charge in [0, 0.05) is 12.7 Å². The molecule has 0 unspecified atom stereocenters. The molecule has 0 fully saturated rings. The van der Waals surface area contributed by atoms with Gasteiger partial charge in [-0.1, -0.05) is 6.92 Å². The van der Waals surface area contributed by atoms with E-state index >= 15 is 0 Å². The Kier molecular flexibility index (Phi) is 5.90. The van der Waals surface area contributed by atoms with Gasteiger partial charge in [0.05, 0.1) is 6.61 Å². The number of carbonyl (C=O) groups is 2. The van der Waals surface area contributed by atoms with Crippen molar-refractivity contribution in [3.63, 3.8) is 0 Å². The van der Waals surface area contributed by atoms with Crippen LogP contribution in [0.2, 0.25) is 0 Å². The molecule has 0 aromatic carbocycles. The minimum Gasteiger partial charge on any atom is -0.480 e. The first-order chi connectivity index (χ1) is 11.5. The smallest absolute Gasteiger partial charge is 0.322 e. The number of fused-ring (bicyclic) bond motifs is 1. The van der Waals surface area contributed by atoms with Gasteiger partial charge in [0.15, 0.2) is 5.65 Å². The number of nitrogens with one attached hydrogen (secondary N) is 2. The number of pyridine rings is 1. The second kappa shape index (κ2) is 8.11. The minimum atomic E-state index is -1.21. The lowest BCUT2D eigenvalue weighted by Gasteiger charge is -2.10. The van der Waals surface area contributed by atoms with E-state index < -0.39 is 23.9 Å². The lowest BCUT2D eigenvalue weighted by molar-refractivity contribution is -0.135. The number of aliphatic carboxylic acids is 1. The average molecular weight is 338 g/mol. The van der Waals surface area contributed by atoms with E-state index in [-0.39, 0.29) is 23.7 Å². The predicted molar refractivity (Wildman–Crippen MR) is 82.4 cm³/mol. The first kappa shape index (κ1) is 17.5. The Morgan fingerprint density at radius 2 is 2.17 bits per heavy atom. The highest BCUT2D eigenvalue weighted by Gasteiger charge is 2.20. The van der Waals surface area contributed by atoms with Crippen molar-refractivity contribution in [1.82, 2.24) is 19.9 Å². The fourth-order valence-electron chi connectivity index (χ4n) is 1.99. The summed E-state index contributed by atoms with van der Waals surface area (Å²) >= 11 is 0. The lowest BCUT2D eigenvalue weighted by atomic mass is 10.2. The molecule has 10 nitrogen and oxygen atoms in total. The van der Waals surface area contributed by atoms with Gasteiger partial charge in [0.25, 0.3) is 5.91 Å². The molecule has 0 radical (unpaired) electrons. The molecule has 2 aromatic heterocycles. The summed E-state index contributed by atoms with van der Waals surface area (Å²) in [5, 5.41) is 13.5. The zero-order valence-corrected chi connectivity index (χ0v) is 13.1. The SMILES string of the molecule is CCCOCCOc1cc(=O)c(C(=O)NCC(=O)O)c2nc[nH]n12. The standard InChI is InChI=1S/C14H18N4O6/c1-2-3-23-4-5-24-10-6-9(19)12(13-16-8-17-18(10)13)14(22)15-7-11(20)21/h6,8H,2-5,7H2,1H3,(H,15,22)(H,16,17)(H,20,21). The zero-order chi connectivity index (χ0) is 17.5. The molecule has 0 saturated carbocycles. The highest BCUT2D eigenvalue weighted by molar-refractivity contribution is 6.00. The summed E-state index contributed by atoms with van der Waals surface area (Å²) in [6.07, 6.45) is 2.19. The van der Waals surface area contributed by atoms with Crippen LogP contribution in [0.3, 0.4) is 0 Å². The third-order valence-corrected chi connectivity index (χ3v) is 2.98. The topological polar surface area (TPSA) is 135 Å². The number of carboxylic acids is 1. The zero-order valence-electron chi connectivity index (χ0n) is 13.1. The molecule has 0 saturated heterocycles. The number of carboxylic acid groups (broad SMARTS) is 1. The molecule has 0 atom stereocenters. The van der Waals surface area contributed by atoms with E-state index in [0.717, 1.165) is 12.5 Å². The number of aromatic amines is 1. The average Bonchev–Trinajstić information content (AvgIpc) is 3.01. The quantitative estimate of drug-likeness (QED) is 0.531. The van der Waals surface area contributed by atoms with Crippen molar-refractivity contribution in [2.24, 2.45) is 0 Å². The second-order valence-corrected chi connectivity index (χ2v) is 4.81. The van der Waals surface area contributed by atoms with Crippen molar-refractivity contribution in [2.45, 2.75) is 13.3 Å². The third kappa shape index (κ3) is 4.10. The number of rotatable bonds is 9. The molecule has 0 aliphatic carbocycles. The molecule has 0 aliphatic heterocycles. The fourth-order valence-corrected chi connectivity index (χ4v) is 1.99. The summed E-state index contributed by atoms with van der Waals surface area (Å²) in [5.41, 5.74) is -0.823. The molecule has 0 bridgehead atoms. The summed E-state index contributed by atoms with van der Waals surface area (Å²) in [6, 6.07) is 1.14. The molecule has 2 rings (SSSR count). The number of H-pyrrole nitrogens is 1. The first-order valence-electron chi connectivity index (χ1n) is 7.34. The third-order valence-electron chi connectivity index (χ3n) is 2.98. The van der Waals surface area contributed by atoms with Crippen LogP contribution in [-0.2, 0) is 9.53 Å². The van der Waals surface area contributed by atoms with Crippen LogP contribution in [0.15, 0.2) is 17.2 Å². The highest BCUT2D eigenvalue weighted by atomic mass is 16.5. The van der Waals surface area contributed by atoms with Gasteiger partial charge < -0.3 is 19.9 Å². The first-order valence-corrected chi connectivity index (χ1v) is 7.34. The van der Waals surface area contributed by atoms with E-state index in [1.54, 1.807) is 0 Å². The molecule has 2 aromatic rings. The number of hydrogen-bond acceptors (Lipinski definition) is 6. The van der Waals surface area contributed by atoms with Crippen molar-refractivity contribution in [3.8, 4) is 5.88 Å². The highest BCUT2D eigenvalue weighted by Crippen LogP contribution is 2.12. The summed E-state index contributed by atoms with van der Waals surface area (Å²) in [4.78, 5) is 38.7. The molecule has 1 amide bonds. The largest absolute Gasteiger partial charge is 0.480 e. The van der Waals surface area contributed by atoms with Gasteiger partial charge in [0.1, 0.15) is 25.0 Å². The van der Waals surface area contributed by atoms with Crippen molar-refractivity contribution in [2.75, 3.05) is 26.4 Å². The molecule has 10 heteroatoms. The number of nitrogens with zero attached hydrogens (tertiary/aromatic N) is 2. The van der Waals surface area contributed by atoms with Crippen LogP contribution in [0.25, 0.3) is 5.65 Å². The van der Waals surface area contributed by atoms with E-state index in [9.17, 15) is 14.4 Å². The molecule has 2 heterocycles. The number of amides is 1. The van der Waals surface area contributed by atoms with Gasteiger partial charge in [-0.2, -0.15) is 0 Å². The monoisotopic (exact) mass is 338 g/mol. The van der Waals surface area contributed by atoms with Gasteiger partial charge in [-0.05, 0) is 6.42 Å². The van der Waals surface area contributed by atoms with Crippen molar-refractivity contribution >= 4 is 17.5 Å². The van der Waals surface area contributed by atoms with E-state index in [0.29, 0.717) is 13.2 Å². The summed E-state index contributed by atoms with van der Waals surface area (Å²) in [5.74, 6) is -1.85. The number of ether oxygens (including phenoxy) is 2. The molecular weight excluding hydrogens is 320 g/mol. The molecule has 24 heavy (non-hydrogen) atoms. The van der Waals surface area contributed by atoms with Gasteiger partial charge in [-0.25, -0.2) is 9.50 Å². The van der Waals surface area contributed by atoms with Crippen molar-refractivity contribution in [3.05, 3.63) is 28.2 Å². The maximum Gasteiger partial charge on any atom is 0.322 e. The summed E-state index contributed by atoms with van der Waals surface area (Å²) in [7, 11) is 0. The fraction of sp³-hybridized carbons (Fsp3) is 0.429. The van der Waals surface area contributed by atoms with Gasteiger partial charge in [-0.3, -0.25) is 19.5 Å². The van der Waals surface area contributed by atoms with Crippen molar-refractivity contribution < 1.29 is 24.2 Å². The van der Waals surface area contributed by atoms with Crippen LogP contribution in [0, 0.1) is 0 Å². The Bertz CT molecular complexity index is 781. The van der Waals surface area contributed by atoms with E-state index in [2.05, 4.69) is 15.4 Å². The van der Waals surface area contributed by atoms with Crippen LogP contribution in [0.4, 0.5) is 0 Å². The Balaban J connectivity index is 2.20. The molecule has 0 spiro atoms. The van der Waals surface area contributed by atoms with E-state index in [1.807, 2.05) is 6.92 Å². The summed E-state index contributed by atoms with van der Waals surface area (Å²) < 4.78 is 12.1. The van der Waals surface area contributed by atoms with Crippen LogP contribution in [-0.4, -0.2) is 57.9 Å². The number of hydrogen-bond donors (Lipinski definition) is 3. The predicted octanol–water partition coefficient (Wildman–Crippen LogP) is -0.358. The van der Waals surface area contributed by atoms with Gasteiger partial charge >= 0.3 is 5.97 Å². The van der Waals surface area contributed by atoms with Gasteiger partial charge in [-0.15, -0.1) is 0 Å². The maximum absolute atomic E-state index is 12.2.